The summed E-state index contributed by atoms with van der Waals surface area (Å²) in [7, 11) is 1.71. The van der Waals surface area contributed by atoms with Gasteiger partial charge in [-0.3, -0.25) is 0 Å². The first-order chi connectivity index (χ1) is 10.7. The molecule has 2 aromatic rings. The minimum Gasteiger partial charge on any atom is -0.377 e. The van der Waals surface area contributed by atoms with Crippen LogP contribution in [-0.4, -0.2) is 30.2 Å². The molecule has 5 nitrogen and oxygen atoms in total. The molecule has 1 atom stereocenters. The van der Waals surface area contributed by atoms with Crippen LogP contribution < -0.4 is 10.6 Å². The molecule has 0 amide bonds. The number of rotatable bonds is 4. The van der Waals surface area contributed by atoms with Crippen LogP contribution in [-0.2, 0) is 4.74 Å². The monoisotopic (exact) mass is 298 g/mol. The number of nitrogens with two attached hydrogens (primary N) is 1. The van der Waals surface area contributed by atoms with Gasteiger partial charge in [-0.25, -0.2) is 4.98 Å². The molecule has 0 unspecified atom stereocenters. The number of methoxy groups -OCH3 is 1. The zero-order chi connectivity index (χ0) is 15.5. The molecule has 1 aliphatic heterocycles. The van der Waals surface area contributed by atoms with E-state index in [-0.39, 0.29) is 6.10 Å². The summed E-state index contributed by atoms with van der Waals surface area (Å²) in [4.78, 5) is 11.1. The maximum absolute atomic E-state index is 5.91. The first-order valence-corrected chi connectivity index (χ1v) is 7.70. The summed E-state index contributed by atoms with van der Waals surface area (Å²) in [6.07, 6.45) is 2.47. The average Bonchev–Trinajstić information content (AvgIpc) is 3.08. The molecule has 5 heteroatoms. The lowest BCUT2D eigenvalue weighted by molar-refractivity contribution is 0.119. The lowest BCUT2D eigenvalue weighted by atomic mass is 10.0. The Kier molecular flexibility index (Phi) is 4.24. The van der Waals surface area contributed by atoms with E-state index >= 15 is 0 Å². The third-order valence-electron chi connectivity index (χ3n) is 4.17. The molecule has 0 radical (unpaired) electrons. The highest BCUT2D eigenvalue weighted by Gasteiger charge is 2.16. The molecular formula is C17H22N4O. The van der Waals surface area contributed by atoms with Crippen molar-refractivity contribution < 1.29 is 4.74 Å². The maximum Gasteiger partial charge on any atom is 0.222 e. The molecule has 1 aromatic carbocycles. The summed E-state index contributed by atoms with van der Waals surface area (Å²) in [6, 6.07) is 10.3. The van der Waals surface area contributed by atoms with Gasteiger partial charge in [0.2, 0.25) is 5.95 Å². The lowest BCUT2D eigenvalue weighted by Gasteiger charge is -2.17. The molecule has 0 bridgehead atoms. The Morgan fingerprint density at radius 3 is 2.68 bits per heavy atom. The number of hydrogen-bond donors (Lipinski definition) is 1. The predicted molar refractivity (Wildman–Crippen MR) is 88.8 cm³/mol. The smallest absolute Gasteiger partial charge is 0.222 e. The molecule has 2 N–H and O–H groups in total. The number of benzene rings is 1. The van der Waals surface area contributed by atoms with Crippen LogP contribution in [0.1, 0.15) is 31.4 Å². The van der Waals surface area contributed by atoms with Gasteiger partial charge in [0.15, 0.2) is 0 Å². The second kappa shape index (κ2) is 6.32. The van der Waals surface area contributed by atoms with Crippen molar-refractivity contribution in [2.75, 3.05) is 30.8 Å². The van der Waals surface area contributed by atoms with Crippen molar-refractivity contribution in [1.82, 2.24) is 9.97 Å². The molecule has 22 heavy (non-hydrogen) atoms. The van der Waals surface area contributed by atoms with E-state index in [0.717, 1.165) is 35.7 Å². The van der Waals surface area contributed by atoms with Crippen LogP contribution in [0.3, 0.4) is 0 Å². The highest BCUT2D eigenvalue weighted by Crippen LogP contribution is 2.27. The minimum absolute atomic E-state index is 0.0530. The molecule has 0 saturated carbocycles. The first-order valence-electron chi connectivity index (χ1n) is 7.70. The Morgan fingerprint density at radius 2 is 1.95 bits per heavy atom. The van der Waals surface area contributed by atoms with Crippen molar-refractivity contribution in [3.05, 3.63) is 35.9 Å². The van der Waals surface area contributed by atoms with Gasteiger partial charge in [-0.1, -0.05) is 18.2 Å². The summed E-state index contributed by atoms with van der Waals surface area (Å²) in [5.74, 6) is 1.25. The van der Waals surface area contributed by atoms with Crippen LogP contribution in [0.15, 0.2) is 30.3 Å². The number of hydrogen-bond acceptors (Lipinski definition) is 5. The number of ether oxygens (including phenoxy) is 1. The fourth-order valence-electron chi connectivity index (χ4n) is 2.80. The van der Waals surface area contributed by atoms with E-state index in [9.17, 15) is 0 Å². The lowest BCUT2D eigenvalue weighted by Crippen LogP contribution is -2.19. The quantitative estimate of drug-likeness (QED) is 0.940. The highest BCUT2D eigenvalue weighted by atomic mass is 16.5. The maximum atomic E-state index is 5.91. The average molecular weight is 298 g/mol. The van der Waals surface area contributed by atoms with E-state index in [4.69, 9.17) is 10.5 Å². The van der Waals surface area contributed by atoms with Crippen LogP contribution in [0.2, 0.25) is 0 Å². The highest BCUT2D eigenvalue weighted by molar-refractivity contribution is 5.65. The van der Waals surface area contributed by atoms with Gasteiger partial charge in [0.25, 0.3) is 0 Å². The first kappa shape index (κ1) is 14.8. The topological polar surface area (TPSA) is 64.3 Å². The van der Waals surface area contributed by atoms with Gasteiger partial charge >= 0.3 is 0 Å². The van der Waals surface area contributed by atoms with Crippen molar-refractivity contribution in [2.24, 2.45) is 0 Å². The summed E-state index contributed by atoms with van der Waals surface area (Å²) < 4.78 is 5.39. The molecule has 1 aliphatic rings. The number of nitrogen functional groups attached to an aromatic ring is 1. The summed E-state index contributed by atoms with van der Waals surface area (Å²) >= 11 is 0. The molecule has 1 saturated heterocycles. The largest absolute Gasteiger partial charge is 0.377 e. The van der Waals surface area contributed by atoms with E-state index in [1.807, 2.05) is 25.1 Å². The normalized spacial score (nSPS) is 16.0. The Labute approximate surface area is 131 Å². The third kappa shape index (κ3) is 3.04. The molecule has 0 aliphatic carbocycles. The van der Waals surface area contributed by atoms with Gasteiger partial charge in [-0.05, 0) is 31.4 Å². The van der Waals surface area contributed by atoms with Gasteiger partial charge in [0, 0.05) is 31.8 Å². The van der Waals surface area contributed by atoms with Crippen LogP contribution in [0.5, 0.6) is 0 Å². The molecule has 116 valence electrons. The molecule has 1 fully saturated rings. The molecule has 3 rings (SSSR count). The molecule has 0 spiro atoms. The molecule has 1 aromatic heterocycles. The Hall–Kier alpha value is -2.14. The van der Waals surface area contributed by atoms with E-state index in [1.54, 1.807) is 7.11 Å². The van der Waals surface area contributed by atoms with Crippen LogP contribution in [0.4, 0.5) is 11.8 Å². The van der Waals surface area contributed by atoms with Crippen molar-refractivity contribution in [3.8, 4) is 11.3 Å². The summed E-state index contributed by atoms with van der Waals surface area (Å²) in [5.41, 5.74) is 8.94. The number of nitrogens with zero attached hydrogens (tertiary/aromatic N) is 3. The fraction of sp³-hybridized carbons (Fsp3) is 0.412. The van der Waals surface area contributed by atoms with Crippen molar-refractivity contribution >= 4 is 11.8 Å². The van der Waals surface area contributed by atoms with Crippen molar-refractivity contribution in [1.29, 1.82) is 0 Å². The zero-order valence-corrected chi connectivity index (χ0v) is 13.1. The molecule has 2 heterocycles. The second-order valence-electron chi connectivity index (χ2n) is 5.67. The predicted octanol–water partition coefficient (Wildman–Crippen LogP) is 3.03. The van der Waals surface area contributed by atoms with Gasteiger partial charge < -0.3 is 15.4 Å². The van der Waals surface area contributed by atoms with E-state index < -0.39 is 0 Å². The van der Waals surface area contributed by atoms with Crippen LogP contribution in [0, 0.1) is 0 Å². The van der Waals surface area contributed by atoms with E-state index in [1.165, 1.54) is 12.8 Å². The minimum atomic E-state index is 0.0530. The van der Waals surface area contributed by atoms with Crippen LogP contribution in [0.25, 0.3) is 11.3 Å². The van der Waals surface area contributed by atoms with Gasteiger partial charge in [0.1, 0.15) is 5.82 Å². The summed E-state index contributed by atoms with van der Waals surface area (Å²) in [6.45, 7) is 4.11. The second-order valence-corrected chi connectivity index (χ2v) is 5.67. The third-order valence-corrected chi connectivity index (χ3v) is 4.17. The van der Waals surface area contributed by atoms with Gasteiger partial charge in [0.05, 0.1) is 11.8 Å². The van der Waals surface area contributed by atoms with Gasteiger partial charge in [-0.2, -0.15) is 4.98 Å². The van der Waals surface area contributed by atoms with Crippen molar-refractivity contribution in [3.63, 3.8) is 0 Å². The molecular weight excluding hydrogens is 276 g/mol. The number of aromatic nitrogens is 2. The van der Waals surface area contributed by atoms with E-state index in [0.29, 0.717) is 5.95 Å². The fourth-order valence-corrected chi connectivity index (χ4v) is 2.80. The van der Waals surface area contributed by atoms with Gasteiger partial charge in [-0.15, -0.1) is 0 Å². The standard InChI is InChI=1S/C17H22N4O/c1-12(22-2)13-6-5-7-14(10-13)15-11-16(20-17(18)19-15)21-8-3-4-9-21/h5-7,10-12H,3-4,8-9H2,1-2H3,(H2,18,19,20)/t12-/m0/s1. The zero-order valence-electron chi connectivity index (χ0n) is 13.1. The van der Waals surface area contributed by atoms with Crippen LogP contribution >= 0.6 is 0 Å². The Bertz CT molecular complexity index is 653. The van der Waals surface area contributed by atoms with Crippen molar-refractivity contribution in [2.45, 2.75) is 25.9 Å². The number of anilines is 2. The Morgan fingerprint density at radius 1 is 1.18 bits per heavy atom. The Balaban J connectivity index is 1.97. The summed E-state index contributed by atoms with van der Waals surface area (Å²) in [5, 5.41) is 0. The van der Waals surface area contributed by atoms with E-state index in [2.05, 4.69) is 27.0 Å². The SMILES string of the molecule is CO[C@@H](C)c1cccc(-c2cc(N3CCCC3)nc(N)n2)c1.